The van der Waals surface area contributed by atoms with Crippen molar-refractivity contribution >= 4 is 29.4 Å². The number of aromatic nitrogens is 2. The molecule has 114 valence electrons. The number of nitrogens with one attached hydrogen (secondary N) is 1. The minimum atomic E-state index is -0.383. The van der Waals surface area contributed by atoms with E-state index in [9.17, 15) is 9.59 Å². The van der Waals surface area contributed by atoms with Crippen LogP contribution in [0.3, 0.4) is 0 Å². The monoisotopic (exact) mass is 326 g/mol. The highest BCUT2D eigenvalue weighted by Gasteiger charge is 2.09. The Hall–Kier alpha value is -2.99. The van der Waals surface area contributed by atoms with Crippen LogP contribution in [0.15, 0.2) is 64.6 Å². The Balaban J connectivity index is 1.87. The van der Waals surface area contributed by atoms with Gasteiger partial charge >= 0.3 is 0 Å². The number of benzene rings is 1. The smallest absolute Gasteiger partial charge is 0.268 e. The summed E-state index contributed by atoms with van der Waals surface area (Å²) in [5.41, 5.74) is 2.98. The first-order chi connectivity index (χ1) is 11.2. The summed E-state index contributed by atoms with van der Waals surface area (Å²) in [5, 5.41) is 3.81. The predicted molar refractivity (Wildman–Crippen MR) is 88.0 cm³/mol. The Morgan fingerprint density at radius 2 is 1.91 bits per heavy atom. The van der Waals surface area contributed by atoms with Crippen molar-refractivity contribution in [2.24, 2.45) is 5.10 Å². The van der Waals surface area contributed by atoms with Crippen molar-refractivity contribution in [3.05, 3.63) is 81.4 Å². The number of amides is 1. The summed E-state index contributed by atoms with van der Waals surface area (Å²) < 4.78 is 1.35. The van der Waals surface area contributed by atoms with Crippen molar-refractivity contribution < 1.29 is 4.79 Å². The van der Waals surface area contributed by atoms with Crippen LogP contribution in [-0.2, 0) is 0 Å². The molecule has 3 rings (SSSR count). The van der Waals surface area contributed by atoms with Gasteiger partial charge < -0.3 is 0 Å². The van der Waals surface area contributed by atoms with E-state index in [1.54, 1.807) is 48.7 Å². The second-order valence-electron chi connectivity index (χ2n) is 4.62. The molecule has 0 atom stereocenters. The number of halogens is 1. The van der Waals surface area contributed by atoms with Crippen LogP contribution in [0.2, 0.25) is 5.15 Å². The van der Waals surface area contributed by atoms with E-state index in [-0.39, 0.29) is 22.2 Å². The zero-order chi connectivity index (χ0) is 16.2. The van der Waals surface area contributed by atoms with Gasteiger partial charge in [-0.3, -0.25) is 14.0 Å². The number of carbonyl (C=O) groups excluding carboxylic acids is 1. The van der Waals surface area contributed by atoms with Gasteiger partial charge in [0.25, 0.3) is 11.5 Å². The van der Waals surface area contributed by atoms with Gasteiger partial charge in [-0.05, 0) is 24.3 Å². The van der Waals surface area contributed by atoms with Crippen LogP contribution in [0.5, 0.6) is 0 Å². The fourth-order valence-corrected chi connectivity index (χ4v) is 2.21. The van der Waals surface area contributed by atoms with Gasteiger partial charge in [-0.2, -0.15) is 5.10 Å². The van der Waals surface area contributed by atoms with E-state index in [0.29, 0.717) is 11.2 Å². The summed E-state index contributed by atoms with van der Waals surface area (Å²) in [6, 6.07) is 13.7. The Kier molecular flexibility index (Phi) is 4.16. The maximum Gasteiger partial charge on any atom is 0.271 e. The van der Waals surface area contributed by atoms with E-state index in [4.69, 9.17) is 11.6 Å². The highest BCUT2D eigenvalue weighted by atomic mass is 35.5. The standard InChI is InChI=1S/C16H11ClN4O2/c17-14-12(16(23)21-9-5-4-8-13(21)19-14)10-18-20-15(22)11-6-2-1-3-7-11/h1-10H,(H,20,22). The van der Waals surface area contributed by atoms with Gasteiger partial charge in [-0.25, -0.2) is 10.4 Å². The van der Waals surface area contributed by atoms with E-state index in [1.165, 1.54) is 10.6 Å². The van der Waals surface area contributed by atoms with E-state index in [1.807, 2.05) is 6.07 Å². The van der Waals surface area contributed by atoms with E-state index in [0.717, 1.165) is 0 Å². The third kappa shape index (κ3) is 3.12. The Morgan fingerprint density at radius 3 is 2.70 bits per heavy atom. The van der Waals surface area contributed by atoms with Crippen molar-refractivity contribution in [3.8, 4) is 0 Å². The minimum absolute atomic E-state index is 0.0268. The molecule has 7 heteroatoms. The normalized spacial score (nSPS) is 11.0. The van der Waals surface area contributed by atoms with E-state index in [2.05, 4.69) is 15.5 Å². The number of carbonyl (C=O) groups is 1. The molecule has 0 bridgehead atoms. The fraction of sp³-hybridized carbons (Fsp3) is 0. The molecule has 0 unspecified atom stereocenters. The summed E-state index contributed by atoms with van der Waals surface area (Å²) in [5.74, 6) is -0.383. The quantitative estimate of drug-likeness (QED) is 0.455. The van der Waals surface area contributed by atoms with Crippen molar-refractivity contribution in [1.82, 2.24) is 14.8 Å². The second-order valence-corrected chi connectivity index (χ2v) is 4.97. The number of pyridine rings is 1. The largest absolute Gasteiger partial charge is 0.271 e. The molecule has 6 nitrogen and oxygen atoms in total. The molecule has 1 aromatic carbocycles. The molecule has 0 aliphatic rings. The van der Waals surface area contributed by atoms with Crippen LogP contribution in [0.4, 0.5) is 0 Å². The number of fused-ring (bicyclic) bond motifs is 1. The number of hydrogen-bond acceptors (Lipinski definition) is 4. The zero-order valence-electron chi connectivity index (χ0n) is 11.8. The first-order valence-corrected chi connectivity index (χ1v) is 7.10. The fourth-order valence-electron chi connectivity index (χ4n) is 1.99. The lowest BCUT2D eigenvalue weighted by molar-refractivity contribution is 0.0955. The molecule has 2 heterocycles. The summed E-state index contributed by atoms with van der Waals surface area (Å²) in [6.07, 6.45) is 2.78. The molecular weight excluding hydrogens is 316 g/mol. The molecule has 0 spiro atoms. The Bertz CT molecular complexity index is 951. The SMILES string of the molecule is O=C(NN=Cc1c(Cl)nc2ccccn2c1=O)c1ccccc1. The predicted octanol–water partition coefficient (Wildman–Crippen LogP) is 2.11. The van der Waals surface area contributed by atoms with Crippen LogP contribution in [-0.4, -0.2) is 21.5 Å². The molecular formula is C16H11ClN4O2. The van der Waals surface area contributed by atoms with Crippen molar-refractivity contribution in [3.63, 3.8) is 0 Å². The van der Waals surface area contributed by atoms with Crippen LogP contribution in [0.1, 0.15) is 15.9 Å². The molecule has 0 aliphatic heterocycles. The number of hydrogen-bond donors (Lipinski definition) is 1. The number of nitrogens with zero attached hydrogens (tertiary/aromatic N) is 3. The molecule has 2 aromatic heterocycles. The minimum Gasteiger partial charge on any atom is -0.268 e. The van der Waals surface area contributed by atoms with Gasteiger partial charge in [0.1, 0.15) is 10.8 Å². The van der Waals surface area contributed by atoms with Gasteiger partial charge in [-0.15, -0.1) is 0 Å². The highest BCUT2D eigenvalue weighted by Crippen LogP contribution is 2.08. The van der Waals surface area contributed by atoms with E-state index >= 15 is 0 Å². The Morgan fingerprint density at radius 1 is 1.17 bits per heavy atom. The average molecular weight is 327 g/mol. The first kappa shape index (κ1) is 14.9. The van der Waals surface area contributed by atoms with Crippen LogP contribution >= 0.6 is 11.6 Å². The van der Waals surface area contributed by atoms with Crippen molar-refractivity contribution in [2.75, 3.05) is 0 Å². The van der Waals surface area contributed by atoms with Crippen LogP contribution < -0.4 is 11.0 Å². The van der Waals surface area contributed by atoms with Gasteiger partial charge in [-0.1, -0.05) is 35.9 Å². The molecule has 0 fully saturated rings. The third-order valence-corrected chi connectivity index (χ3v) is 3.41. The van der Waals surface area contributed by atoms with Crippen molar-refractivity contribution in [2.45, 2.75) is 0 Å². The molecule has 23 heavy (non-hydrogen) atoms. The molecule has 1 N–H and O–H groups in total. The average Bonchev–Trinajstić information content (AvgIpc) is 2.58. The Labute approximate surface area is 136 Å². The summed E-state index contributed by atoms with van der Waals surface area (Å²) >= 11 is 6.01. The molecule has 0 saturated heterocycles. The third-order valence-electron chi connectivity index (χ3n) is 3.12. The molecule has 3 aromatic rings. The maximum absolute atomic E-state index is 12.3. The first-order valence-electron chi connectivity index (χ1n) is 6.72. The molecule has 0 radical (unpaired) electrons. The van der Waals surface area contributed by atoms with Crippen molar-refractivity contribution in [1.29, 1.82) is 0 Å². The van der Waals surface area contributed by atoms with Crippen LogP contribution in [0, 0.1) is 0 Å². The highest BCUT2D eigenvalue weighted by molar-refractivity contribution is 6.32. The lowest BCUT2D eigenvalue weighted by Gasteiger charge is -2.03. The number of hydrazone groups is 1. The summed E-state index contributed by atoms with van der Waals surface area (Å²) in [6.45, 7) is 0. The zero-order valence-corrected chi connectivity index (χ0v) is 12.6. The van der Waals surface area contributed by atoms with Gasteiger partial charge in [0, 0.05) is 11.8 Å². The lowest BCUT2D eigenvalue weighted by atomic mass is 10.2. The molecule has 0 saturated carbocycles. The summed E-state index contributed by atoms with van der Waals surface area (Å²) in [7, 11) is 0. The van der Waals surface area contributed by atoms with Gasteiger partial charge in [0.05, 0.1) is 11.8 Å². The number of rotatable bonds is 3. The van der Waals surface area contributed by atoms with Gasteiger partial charge in [0.2, 0.25) is 0 Å². The maximum atomic E-state index is 12.3. The van der Waals surface area contributed by atoms with Gasteiger partial charge in [0.15, 0.2) is 0 Å². The lowest BCUT2D eigenvalue weighted by Crippen LogP contribution is -2.22. The topological polar surface area (TPSA) is 75.8 Å². The molecule has 0 aliphatic carbocycles. The van der Waals surface area contributed by atoms with E-state index < -0.39 is 0 Å². The second kappa shape index (κ2) is 6.41. The summed E-state index contributed by atoms with van der Waals surface area (Å²) in [4.78, 5) is 28.3. The van der Waals surface area contributed by atoms with Crippen LogP contribution in [0.25, 0.3) is 5.65 Å². The molecule has 1 amide bonds.